The maximum Gasteiger partial charge on any atom is 0.338 e. The molecule has 0 spiro atoms. The van der Waals surface area contributed by atoms with E-state index in [1.807, 2.05) is 0 Å². The lowest BCUT2D eigenvalue weighted by Gasteiger charge is -2.21. The van der Waals surface area contributed by atoms with E-state index in [-0.39, 0.29) is 11.7 Å². The predicted octanol–water partition coefficient (Wildman–Crippen LogP) is 3.24. The van der Waals surface area contributed by atoms with Crippen molar-refractivity contribution >= 4 is 25.7 Å². The molecule has 110 valence electrons. The van der Waals surface area contributed by atoms with Crippen molar-refractivity contribution in [2.45, 2.75) is 43.1 Å². The van der Waals surface area contributed by atoms with E-state index in [2.05, 4.69) is 0 Å². The minimum atomic E-state index is -4.23. The summed E-state index contributed by atoms with van der Waals surface area (Å²) in [6.45, 7) is 0. The summed E-state index contributed by atoms with van der Waals surface area (Å²) in [4.78, 5) is 11.2. The Morgan fingerprint density at radius 3 is 2.50 bits per heavy atom. The maximum atomic E-state index is 13.4. The Labute approximate surface area is 121 Å². The van der Waals surface area contributed by atoms with Crippen LogP contribution >= 0.6 is 10.7 Å². The highest BCUT2D eigenvalue weighted by Gasteiger charge is 2.22. The molecular weight excluding hydrogens is 307 g/mol. The average molecular weight is 321 g/mol. The summed E-state index contributed by atoms with van der Waals surface area (Å²) in [6.07, 6.45) is 4.57. The Morgan fingerprint density at radius 2 is 1.90 bits per heavy atom. The first-order chi connectivity index (χ1) is 9.38. The molecule has 0 aliphatic heterocycles. The highest BCUT2D eigenvalue weighted by atomic mass is 35.7. The molecule has 0 heterocycles. The van der Waals surface area contributed by atoms with Crippen molar-refractivity contribution in [3.63, 3.8) is 0 Å². The van der Waals surface area contributed by atoms with E-state index in [4.69, 9.17) is 15.4 Å². The largest absolute Gasteiger partial charge is 0.459 e. The second-order valence-electron chi connectivity index (χ2n) is 4.75. The molecule has 4 nitrogen and oxygen atoms in total. The van der Waals surface area contributed by atoms with Crippen LogP contribution in [-0.2, 0) is 13.8 Å². The summed E-state index contributed by atoms with van der Waals surface area (Å²) in [7, 11) is 0.879. The fourth-order valence-electron chi connectivity index (χ4n) is 2.22. The average Bonchev–Trinajstić information content (AvgIpc) is 2.39. The molecule has 2 rings (SSSR count). The minimum absolute atomic E-state index is 0.0174. The zero-order valence-corrected chi connectivity index (χ0v) is 12.2. The summed E-state index contributed by atoms with van der Waals surface area (Å²) in [6, 6.07) is 2.99. The van der Waals surface area contributed by atoms with Gasteiger partial charge >= 0.3 is 5.97 Å². The van der Waals surface area contributed by atoms with Crippen molar-refractivity contribution in [2.24, 2.45) is 0 Å². The van der Waals surface area contributed by atoms with Gasteiger partial charge in [0.2, 0.25) is 0 Å². The van der Waals surface area contributed by atoms with Gasteiger partial charge in [0.25, 0.3) is 9.05 Å². The first kappa shape index (κ1) is 15.3. The van der Waals surface area contributed by atoms with Gasteiger partial charge < -0.3 is 4.74 Å². The fourth-order valence-corrected chi connectivity index (χ4v) is 3.14. The van der Waals surface area contributed by atoms with E-state index in [1.165, 1.54) is 6.07 Å². The molecule has 7 heteroatoms. The van der Waals surface area contributed by atoms with Crippen molar-refractivity contribution in [3.8, 4) is 0 Å². The predicted molar refractivity (Wildman–Crippen MR) is 71.7 cm³/mol. The Morgan fingerprint density at radius 1 is 1.25 bits per heavy atom. The normalized spacial score (nSPS) is 16.9. The molecule has 1 aromatic rings. The van der Waals surface area contributed by atoms with Crippen LogP contribution in [0.3, 0.4) is 0 Å². The number of hydrogen-bond acceptors (Lipinski definition) is 4. The lowest BCUT2D eigenvalue weighted by Crippen LogP contribution is -2.21. The van der Waals surface area contributed by atoms with Gasteiger partial charge in [-0.15, -0.1) is 0 Å². The fraction of sp³-hybridized carbons (Fsp3) is 0.462. The van der Waals surface area contributed by atoms with Crippen molar-refractivity contribution in [2.75, 3.05) is 0 Å². The Balaban J connectivity index is 2.18. The zero-order chi connectivity index (χ0) is 14.8. The second kappa shape index (κ2) is 6.10. The highest BCUT2D eigenvalue weighted by molar-refractivity contribution is 8.13. The molecule has 1 aliphatic carbocycles. The topological polar surface area (TPSA) is 60.4 Å². The summed E-state index contributed by atoms with van der Waals surface area (Å²) >= 11 is 0. The van der Waals surface area contributed by atoms with E-state index < -0.39 is 25.7 Å². The van der Waals surface area contributed by atoms with Crippen LogP contribution in [0.25, 0.3) is 0 Å². The van der Waals surface area contributed by atoms with E-state index in [9.17, 15) is 17.6 Å². The first-order valence-electron chi connectivity index (χ1n) is 6.33. The van der Waals surface area contributed by atoms with Crippen LogP contribution < -0.4 is 0 Å². The van der Waals surface area contributed by atoms with Gasteiger partial charge in [0, 0.05) is 10.7 Å². The third kappa shape index (κ3) is 3.70. The van der Waals surface area contributed by atoms with Crippen molar-refractivity contribution < 1.29 is 22.3 Å². The molecule has 0 unspecified atom stereocenters. The van der Waals surface area contributed by atoms with Crippen LogP contribution in [0, 0.1) is 5.82 Å². The highest BCUT2D eigenvalue weighted by Crippen LogP contribution is 2.24. The molecule has 0 N–H and O–H groups in total. The lowest BCUT2D eigenvalue weighted by atomic mass is 9.98. The number of ether oxygens (including phenoxy) is 1. The van der Waals surface area contributed by atoms with Gasteiger partial charge in [-0.05, 0) is 43.9 Å². The number of hydrogen-bond donors (Lipinski definition) is 0. The molecule has 0 atom stereocenters. The van der Waals surface area contributed by atoms with Crippen LogP contribution in [0.1, 0.15) is 42.5 Å². The van der Waals surface area contributed by atoms with Gasteiger partial charge in [-0.1, -0.05) is 6.42 Å². The Kier molecular flexibility index (Phi) is 4.65. The molecule has 0 saturated heterocycles. The molecule has 1 fully saturated rings. The number of carbonyl (C=O) groups is 1. The van der Waals surface area contributed by atoms with Gasteiger partial charge in [-0.3, -0.25) is 0 Å². The molecule has 0 radical (unpaired) electrons. The monoisotopic (exact) mass is 320 g/mol. The van der Waals surface area contributed by atoms with Gasteiger partial charge in [0.1, 0.15) is 16.8 Å². The van der Waals surface area contributed by atoms with Gasteiger partial charge in [0.05, 0.1) is 5.56 Å². The Bertz CT molecular complexity index is 609. The lowest BCUT2D eigenvalue weighted by molar-refractivity contribution is 0.0211. The Hall–Kier alpha value is -1.14. The molecule has 1 saturated carbocycles. The third-order valence-corrected chi connectivity index (χ3v) is 4.59. The molecular formula is C13H14ClFO4S. The van der Waals surface area contributed by atoms with Crippen molar-refractivity contribution in [3.05, 3.63) is 29.6 Å². The zero-order valence-electron chi connectivity index (χ0n) is 10.6. The molecule has 0 amide bonds. The number of benzene rings is 1. The van der Waals surface area contributed by atoms with Crippen LogP contribution in [0.4, 0.5) is 4.39 Å². The van der Waals surface area contributed by atoms with E-state index in [1.54, 1.807) is 0 Å². The molecule has 20 heavy (non-hydrogen) atoms. The number of carbonyl (C=O) groups excluding carboxylic acids is 1. The van der Waals surface area contributed by atoms with E-state index in [0.29, 0.717) is 0 Å². The summed E-state index contributed by atoms with van der Waals surface area (Å²) < 4.78 is 41.0. The van der Waals surface area contributed by atoms with E-state index in [0.717, 1.165) is 44.2 Å². The first-order valence-corrected chi connectivity index (χ1v) is 8.64. The SMILES string of the molecule is O=C(OC1CCCCC1)c1ccc(F)c(S(=O)(=O)Cl)c1. The standard InChI is InChI=1S/C13H14ClFO4S/c14-20(17,18)12-8-9(6-7-11(12)15)13(16)19-10-4-2-1-3-5-10/h6-8,10H,1-5H2. The molecule has 1 aromatic carbocycles. The number of halogens is 2. The van der Waals surface area contributed by atoms with Gasteiger partial charge in [0.15, 0.2) is 0 Å². The van der Waals surface area contributed by atoms with Crippen LogP contribution in [0.15, 0.2) is 23.1 Å². The van der Waals surface area contributed by atoms with Crippen LogP contribution in [-0.4, -0.2) is 20.5 Å². The van der Waals surface area contributed by atoms with Crippen LogP contribution in [0.5, 0.6) is 0 Å². The summed E-state index contributed by atoms with van der Waals surface area (Å²) in [5.41, 5.74) is -0.0174. The van der Waals surface area contributed by atoms with Crippen LogP contribution in [0.2, 0.25) is 0 Å². The number of esters is 1. The van der Waals surface area contributed by atoms with Gasteiger partial charge in [-0.25, -0.2) is 17.6 Å². The number of rotatable bonds is 3. The van der Waals surface area contributed by atoms with Crippen molar-refractivity contribution in [1.82, 2.24) is 0 Å². The molecule has 0 aromatic heterocycles. The second-order valence-corrected chi connectivity index (χ2v) is 7.28. The molecule has 0 bridgehead atoms. The van der Waals surface area contributed by atoms with Gasteiger partial charge in [-0.2, -0.15) is 0 Å². The quantitative estimate of drug-likeness (QED) is 0.633. The molecule has 1 aliphatic rings. The summed E-state index contributed by atoms with van der Waals surface area (Å²) in [5, 5.41) is 0. The smallest absolute Gasteiger partial charge is 0.338 e. The van der Waals surface area contributed by atoms with Crippen molar-refractivity contribution in [1.29, 1.82) is 0 Å². The summed E-state index contributed by atoms with van der Waals surface area (Å²) in [5.74, 6) is -1.65. The maximum absolute atomic E-state index is 13.4. The minimum Gasteiger partial charge on any atom is -0.459 e. The van der Waals surface area contributed by atoms with E-state index >= 15 is 0 Å². The third-order valence-electron chi connectivity index (χ3n) is 3.26.